The van der Waals surface area contributed by atoms with Gasteiger partial charge in [0.1, 0.15) is 11.4 Å². The van der Waals surface area contributed by atoms with Gasteiger partial charge in [0, 0.05) is 24.8 Å². The summed E-state index contributed by atoms with van der Waals surface area (Å²) < 4.78 is 10.8. The van der Waals surface area contributed by atoms with Crippen LogP contribution in [-0.2, 0) is 16.0 Å². The molecule has 2 aromatic rings. The van der Waals surface area contributed by atoms with E-state index in [9.17, 15) is 14.9 Å². The SMILES string of the molecule is CCc1ccc(OCC(=O)Nc2ccc(N3CCOCC3)c([N+](=O)[O-])c2)cc1. The molecule has 28 heavy (non-hydrogen) atoms. The third kappa shape index (κ3) is 4.98. The average Bonchev–Trinajstić information content (AvgIpc) is 2.73. The average molecular weight is 385 g/mol. The van der Waals surface area contributed by atoms with Crippen molar-refractivity contribution in [1.29, 1.82) is 0 Å². The molecule has 0 aromatic heterocycles. The van der Waals surface area contributed by atoms with Crippen LogP contribution in [0, 0.1) is 10.1 Å². The number of amides is 1. The molecular weight excluding hydrogens is 362 g/mol. The molecule has 1 saturated heterocycles. The van der Waals surface area contributed by atoms with Crippen LogP contribution in [0.1, 0.15) is 12.5 Å². The van der Waals surface area contributed by atoms with E-state index in [1.165, 1.54) is 11.6 Å². The maximum absolute atomic E-state index is 12.1. The van der Waals surface area contributed by atoms with Crippen LogP contribution in [0.4, 0.5) is 17.1 Å². The zero-order valence-electron chi connectivity index (χ0n) is 15.7. The summed E-state index contributed by atoms with van der Waals surface area (Å²) in [6.45, 7) is 4.14. The lowest BCUT2D eigenvalue weighted by Gasteiger charge is -2.28. The standard InChI is InChI=1S/C20H23N3O5/c1-2-15-3-6-17(7-4-15)28-14-20(24)21-16-5-8-18(19(13-16)23(25)26)22-9-11-27-12-10-22/h3-8,13H,2,9-12,14H2,1H3,(H,21,24). The predicted molar refractivity (Wildman–Crippen MR) is 106 cm³/mol. The van der Waals surface area contributed by atoms with Crippen molar-refractivity contribution in [2.24, 2.45) is 0 Å². The van der Waals surface area contributed by atoms with Gasteiger partial charge in [0.2, 0.25) is 0 Å². The van der Waals surface area contributed by atoms with Gasteiger partial charge in [-0.1, -0.05) is 19.1 Å². The van der Waals surface area contributed by atoms with E-state index in [0.29, 0.717) is 43.4 Å². The minimum atomic E-state index is -0.438. The summed E-state index contributed by atoms with van der Waals surface area (Å²) in [4.78, 5) is 25.1. The van der Waals surface area contributed by atoms with E-state index in [4.69, 9.17) is 9.47 Å². The smallest absolute Gasteiger partial charge is 0.294 e. The van der Waals surface area contributed by atoms with Crippen molar-refractivity contribution < 1.29 is 19.2 Å². The molecule has 1 amide bonds. The maximum atomic E-state index is 12.1. The Morgan fingerprint density at radius 2 is 1.93 bits per heavy atom. The lowest BCUT2D eigenvalue weighted by Crippen LogP contribution is -2.36. The summed E-state index contributed by atoms with van der Waals surface area (Å²) in [7, 11) is 0. The Kier molecular flexibility index (Phi) is 6.44. The van der Waals surface area contributed by atoms with E-state index in [2.05, 4.69) is 12.2 Å². The number of carbonyl (C=O) groups excluding carboxylic acids is 1. The van der Waals surface area contributed by atoms with Crippen molar-refractivity contribution in [3.05, 3.63) is 58.1 Å². The number of benzene rings is 2. The van der Waals surface area contributed by atoms with Crippen LogP contribution in [0.15, 0.2) is 42.5 Å². The number of hydrogen-bond acceptors (Lipinski definition) is 6. The summed E-state index contributed by atoms with van der Waals surface area (Å²) in [5.41, 5.74) is 2.03. The molecule has 0 bridgehead atoms. The molecule has 1 aliphatic rings. The van der Waals surface area contributed by atoms with Crippen LogP contribution < -0.4 is 15.0 Å². The molecule has 0 atom stereocenters. The summed E-state index contributed by atoms with van der Waals surface area (Å²) >= 11 is 0. The number of hydrogen-bond donors (Lipinski definition) is 1. The van der Waals surface area contributed by atoms with Gasteiger partial charge in [-0.05, 0) is 36.2 Å². The minimum absolute atomic E-state index is 0.0456. The van der Waals surface area contributed by atoms with Crippen molar-refractivity contribution in [2.45, 2.75) is 13.3 Å². The van der Waals surface area contributed by atoms with Gasteiger partial charge < -0.3 is 19.7 Å². The van der Waals surface area contributed by atoms with E-state index in [1.54, 1.807) is 12.1 Å². The van der Waals surface area contributed by atoms with E-state index >= 15 is 0 Å². The molecule has 1 fully saturated rings. The highest BCUT2D eigenvalue weighted by Crippen LogP contribution is 2.31. The van der Waals surface area contributed by atoms with Gasteiger partial charge in [-0.15, -0.1) is 0 Å². The number of aryl methyl sites for hydroxylation is 1. The van der Waals surface area contributed by atoms with Crippen molar-refractivity contribution >= 4 is 23.0 Å². The van der Waals surface area contributed by atoms with Crippen LogP contribution in [0.2, 0.25) is 0 Å². The van der Waals surface area contributed by atoms with Gasteiger partial charge in [0.25, 0.3) is 11.6 Å². The molecule has 0 unspecified atom stereocenters. The Balaban J connectivity index is 1.63. The highest BCUT2D eigenvalue weighted by molar-refractivity contribution is 5.92. The fraction of sp³-hybridized carbons (Fsp3) is 0.350. The fourth-order valence-electron chi connectivity index (χ4n) is 2.99. The van der Waals surface area contributed by atoms with Crippen molar-refractivity contribution in [2.75, 3.05) is 43.1 Å². The molecule has 3 rings (SSSR count). The molecule has 0 saturated carbocycles. The third-order valence-corrected chi connectivity index (χ3v) is 4.51. The molecule has 148 valence electrons. The number of morpholine rings is 1. The lowest BCUT2D eigenvalue weighted by atomic mass is 10.2. The second-order valence-electron chi connectivity index (χ2n) is 6.39. The Bertz CT molecular complexity index is 832. The van der Waals surface area contributed by atoms with Crippen LogP contribution >= 0.6 is 0 Å². The molecule has 0 spiro atoms. The zero-order valence-corrected chi connectivity index (χ0v) is 15.7. The second kappa shape index (κ2) is 9.18. The number of rotatable bonds is 7. The van der Waals surface area contributed by atoms with Gasteiger partial charge in [0.15, 0.2) is 6.61 Å². The fourth-order valence-corrected chi connectivity index (χ4v) is 2.99. The first-order chi connectivity index (χ1) is 13.6. The van der Waals surface area contributed by atoms with E-state index in [0.717, 1.165) is 6.42 Å². The number of anilines is 2. The van der Waals surface area contributed by atoms with Crippen LogP contribution in [0.3, 0.4) is 0 Å². The maximum Gasteiger partial charge on any atom is 0.294 e. The number of carbonyl (C=O) groups is 1. The molecule has 0 radical (unpaired) electrons. The zero-order chi connectivity index (χ0) is 19.9. The Morgan fingerprint density at radius 3 is 2.57 bits per heavy atom. The summed E-state index contributed by atoms with van der Waals surface area (Å²) in [6.07, 6.45) is 0.931. The van der Waals surface area contributed by atoms with Gasteiger partial charge >= 0.3 is 0 Å². The largest absolute Gasteiger partial charge is 0.484 e. The van der Waals surface area contributed by atoms with Crippen molar-refractivity contribution in [1.82, 2.24) is 0 Å². The second-order valence-corrected chi connectivity index (χ2v) is 6.39. The number of nitrogens with one attached hydrogen (secondary N) is 1. The first-order valence-corrected chi connectivity index (χ1v) is 9.19. The van der Waals surface area contributed by atoms with Gasteiger partial charge in [-0.3, -0.25) is 14.9 Å². The number of ether oxygens (including phenoxy) is 2. The number of nitro groups is 1. The van der Waals surface area contributed by atoms with E-state index in [1.807, 2.05) is 29.2 Å². The highest BCUT2D eigenvalue weighted by Gasteiger charge is 2.22. The van der Waals surface area contributed by atoms with Crippen LogP contribution in [0.5, 0.6) is 5.75 Å². The molecule has 2 aromatic carbocycles. The number of nitrogens with zero attached hydrogens (tertiary/aromatic N) is 2. The van der Waals surface area contributed by atoms with Crippen LogP contribution in [-0.4, -0.2) is 43.7 Å². The van der Waals surface area contributed by atoms with Gasteiger partial charge in [-0.25, -0.2) is 0 Å². The van der Waals surface area contributed by atoms with E-state index < -0.39 is 4.92 Å². The van der Waals surface area contributed by atoms with Crippen LogP contribution in [0.25, 0.3) is 0 Å². The molecule has 1 aliphatic heterocycles. The normalized spacial score (nSPS) is 13.8. The topological polar surface area (TPSA) is 93.9 Å². The first-order valence-electron chi connectivity index (χ1n) is 9.19. The molecule has 1 heterocycles. The highest BCUT2D eigenvalue weighted by atomic mass is 16.6. The lowest BCUT2D eigenvalue weighted by molar-refractivity contribution is -0.384. The molecular formula is C20H23N3O5. The van der Waals surface area contributed by atoms with Gasteiger partial charge in [-0.2, -0.15) is 0 Å². The summed E-state index contributed by atoms with van der Waals surface area (Å²) in [6, 6.07) is 12.2. The monoisotopic (exact) mass is 385 g/mol. The Hall–Kier alpha value is -3.13. The summed E-state index contributed by atoms with van der Waals surface area (Å²) in [5, 5.41) is 14.1. The summed E-state index contributed by atoms with van der Waals surface area (Å²) in [5.74, 6) is 0.217. The molecule has 1 N–H and O–H groups in total. The Morgan fingerprint density at radius 1 is 1.21 bits per heavy atom. The van der Waals surface area contributed by atoms with E-state index in [-0.39, 0.29) is 18.2 Å². The number of nitro benzene ring substituents is 1. The van der Waals surface area contributed by atoms with Crippen molar-refractivity contribution in [3.63, 3.8) is 0 Å². The third-order valence-electron chi connectivity index (χ3n) is 4.51. The minimum Gasteiger partial charge on any atom is -0.484 e. The molecule has 8 nitrogen and oxygen atoms in total. The van der Waals surface area contributed by atoms with Crippen molar-refractivity contribution in [3.8, 4) is 5.75 Å². The first kappa shape index (κ1) is 19.6. The quantitative estimate of drug-likeness (QED) is 0.582. The predicted octanol–water partition coefficient (Wildman–Crippen LogP) is 3.01. The molecule has 0 aliphatic carbocycles. The molecule has 8 heteroatoms. The Labute approximate surface area is 163 Å². The van der Waals surface area contributed by atoms with Gasteiger partial charge in [0.05, 0.1) is 18.1 Å².